The Morgan fingerprint density at radius 3 is 1.77 bits per heavy atom. The molecule has 0 bridgehead atoms. The number of anilines is 2. The summed E-state index contributed by atoms with van der Waals surface area (Å²) >= 11 is 0. The van der Waals surface area contributed by atoms with Crippen molar-refractivity contribution in [2.45, 2.75) is 90.9 Å². The molecule has 328 valence electrons. The molecule has 0 saturated carbocycles. The Morgan fingerprint density at radius 2 is 1.14 bits per heavy atom. The van der Waals surface area contributed by atoms with Crippen LogP contribution in [0, 0.1) is 18.8 Å². The molecule has 8 aromatic rings. The number of hydrogen-bond donors (Lipinski definition) is 0. The number of fused-ring (bicyclic) bond motifs is 3. The smallest absolute Gasteiger partial charge is 0.135 e. The van der Waals surface area contributed by atoms with E-state index < -0.39 is 0 Å². The number of para-hydroxylation sites is 1. The monoisotopic (exact) mass is 1020 g/mol. The number of hydrogen-bond acceptors (Lipinski definition) is 4. The Balaban J connectivity index is 0.00000560. The third-order valence-corrected chi connectivity index (χ3v) is 12.8. The van der Waals surface area contributed by atoms with Crippen molar-refractivity contribution in [3.05, 3.63) is 210 Å². The van der Waals surface area contributed by atoms with Gasteiger partial charge in [0.15, 0.2) is 0 Å². The van der Waals surface area contributed by atoms with Gasteiger partial charge in [-0.3, -0.25) is 0 Å². The van der Waals surface area contributed by atoms with E-state index in [1.807, 2.05) is 18.3 Å². The Bertz CT molecular complexity index is 2920. The van der Waals surface area contributed by atoms with Crippen molar-refractivity contribution in [1.82, 2.24) is 9.55 Å². The molecule has 0 unspecified atom stereocenters. The van der Waals surface area contributed by atoms with Crippen molar-refractivity contribution in [3.63, 3.8) is 0 Å². The fraction of sp³-hybridized carbons (Fsp3) is 0.241. The molecule has 3 heterocycles. The van der Waals surface area contributed by atoms with Crippen LogP contribution in [0.3, 0.4) is 0 Å². The number of rotatable bonds is 9. The van der Waals surface area contributed by atoms with Gasteiger partial charge in [0.25, 0.3) is 0 Å². The molecule has 9 rings (SSSR count). The minimum absolute atomic E-state index is 0. The van der Waals surface area contributed by atoms with E-state index in [1.165, 1.54) is 38.8 Å². The Labute approximate surface area is 394 Å². The fourth-order valence-electron chi connectivity index (χ4n) is 8.82. The van der Waals surface area contributed by atoms with Crippen LogP contribution in [-0.2, 0) is 42.7 Å². The molecule has 0 aliphatic carbocycles. The molecule has 6 aromatic carbocycles. The zero-order valence-corrected chi connectivity index (χ0v) is 40.9. The summed E-state index contributed by atoms with van der Waals surface area (Å²) in [4.78, 5) is 9.23. The largest absolute Gasteiger partial charge is 0.509 e. The average Bonchev–Trinajstić information content (AvgIpc) is 3.90. The second-order valence-corrected chi connectivity index (χ2v) is 20.0. The van der Waals surface area contributed by atoms with Crippen molar-refractivity contribution in [2.24, 2.45) is 0 Å². The quantitative estimate of drug-likeness (QED) is 0.135. The van der Waals surface area contributed by atoms with Gasteiger partial charge >= 0.3 is 0 Å². The fourth-order valence-corrected chi connectivity index (χ4v) is 8.82. The van der Waals surface area contributed by atoms with E-state index in [0.29, 0.717) is 11.5 Å². The minimum atomic E-state index is -0.227. The maximum Gasteiger partial charge on any atom is 0.135 e. The predicted octanol–water partition coefficient (Wildman–Crippen LogP) is 14.7. The summed E-state index contributed by atoms with van der Waals surface area (Å²) in [6, 6.07) is 57.1. The van der Waals surface area contributed by atoms with Crippen LogP contribution in [-0.4, -0.2) is 9.55 Å². The van der Waals surface area contributed by atoms with Crippen LogP contribution < -0.4 is 14.5 Å². The molecule has 0 amide bonds. The molecular formula is C58H57N4OPt-3. The molecule has 6 heteroatoms. The molecule has 64 heavy (non-hydrogen) atoms. The molecule has 0 saturated heterocycles. The first kappa shape index (κ1) is 44.7. The summed E-state index contributed by atoms with van der Waals surface area (Å²) in [5, 5.41) is 2.33. The van der Waals surface area contributed by atoms with Crippen LogP contribution in [0.1, 0.15) is 103 Å². The van der Waals surface area contributed by atoms with Crippen LogP contribution in [0.2, 0.25) is 0 Å². The Kier molecular flexibility index (Phi) is 11.8. The van der Waals surface area contributed by atoms with Crippen molar-refractivity contribution in [3.8, 4) is 17.3 Å². The third-order valence-electron chi connectivity index (χ3n) is 12.8. The van der Waals surface area contributed by atoms with E-state index in [0.717, 1.165) is 33.6 Å². The number of aromatic nitrogens is 2. The first-order valence-electron chi connectivity index (χ1n) is 22.0. The van der Waals surface area contributed by atoms with E-state index in [-0.39, 0.29) is 42.7 Å². The van der Waals surface area contributed by atoms with Crippen molar-refractivity contribution < 1.29 is 25.8 Å². The molecular weight excluding hydrogens is 964 g/mol. The Morgan fingerprint density at radius 1 is 0.531 bits per heavy atom. The molecule has 0 radical (unpaired) electrons. The maximum atomic E-state index is 6.77. The summed E-state index contributed by atoms with van der Waals surface area (Å²) in [6.45, 7) is 24.9. The third kappa shape index (κ3) is 8.43. The summed E-state index contributed by atoms with van der Waals surface area (Å²) in [5.74, 6) is 2.10. The average molecular weight is 1020 g/mol. The molecule has 0 atom stereocenters. The van der Waals surface area contributed by atoms with Crippen LogP contribution in [0.4, 0.5) is 11.4 Å². The van der Waals surface area contributed by atoms with E-state index in [9.17, 15) is 0 Å². The molecule has 0 N–H and O–H groups in total. The van der Waals surface area contributed by atoms with Crippen LogP contribution in [0.5, 0.6) is 11.5 Å². The molecule has 5 nitrogen and oxygen atoms in total. The van der Waals surface area contributed by atoms with Gasteiger partial charge in [0, 0.05) is 60.8 Å². The number of ether oxygens (including phenoxy) is 1. The second-order valence-electron chi connectivity index (χ2n) is 20.0. The minimum Gasteiger partial charge on any atom is -0.509 e. The SMILES string of the molecule is CC(C)(C)c1ccnc(-n2c3[c-]c(Oc4[c-]c(N5C=CN(c6cc(C(C)(C)c7ccccc7)cc(C(C)(C)c7ccccc7)c6)[CH-]5)ccc4)cc(C(C)(C)C)c3c3ccccc32)c1.[Pt]. The van der Waals surface area contributed by atoms with Crippen LogP contribution in [0.25, 0.3) is 27.6 Å². The summed E-state index contributed by atoms with van der Waals surface area (Å²) in [7, 11) is 0. The first-order chi connectivity index (χ1) is 30.0. The van der Waals surface area contributed by atoms with Crippen molar-refractivity contribution >= 4 is 33.2 Å². The molecule has 1 aliphatic rings. The van der Waals surface area contributed by atoms with Gasteiger partial charge in [-0.25, -0.2) is 4.98 Å². The van der Waals surface area contributed by atoms with E-state index >= 15 is 0 Å². The first-order valence-corrected chi connectivity index (χ1v) is 22.0. The van der Waals surface area contributed by atoms with Gasteiger partial charge in [0.1, 0.15) is 5.82 Å². The number of nitrogens with zero attached hydrogens (tertiary/aromatic N) is 4. The summed E-state index contributed by atoms with van der Waals surface area (Å²) in [5.41, 5.74) is 10.8. The zero-order chi connectivity index (χ0) is 44.3. The van der Waals surface area contributed by atoms with E-state index in [2.05, 4.69) is 242 Å². The normalized spacial score (nSPS) is 13.5. The van der Waals surface area contributed by atoms with Crippen LogP contribution >= 0.6 is 0 Å². The standard InChI is InChI=1S/C58H57N4O.Pt/c1-55(2,3)42-28-29-59-53(35-42)62-51-27-18-17-26-49(51)54-50(56(4,5)6)37-48(38-52(54)62)63-47-25-19-24-45(36-47)60-30-31-61(39-60)46-33-43(57(7,8)40-20-13-11-14-21-40)32-44(34-46)58(9,10)41-22-15-12-16-23-41;/h11-35,37,39H,1-10H3;/q-3;. The van der Waals surface area contributed by atoms with Crippen LogP contribution in [0.15, 0.2) is 158 Å². The van der Waals surface area contributed by atoms with Gasteiger partial charge in [-0.1, -0.05) is 165 Å². The van der Waals surface area contributed by atoms with Gasteiger partial charge in [0.05, 0.1) is 0 Å². The zero-order valence-electron chi connectivity index (χ0n) is 38.6. The van der Waals surface area contributed by atoms with Gasteiger partial charge in [-0.05, 0) is 86.8 Å². The summed E-state index contributed by atoms with van der Waals surface area (Å²) in [6.07, 6.45) is 6.12. The van der Waals surface area contributed by atoms with Crippen molar-refractivity contribution in [1.29, 1.82) is 0 Å². The maximum absolute atomic E-state index is 6.77. The second kappa shape index (κ2) is 16.9. The number of benzene rings is 6. The number of pyridine rings is 1. The van der Waals surface area contributed by atoms with E-state index in [1.54, 1.807) is 0 Å². The van der Waals surface area contributed by atoms with Gasteiger partial charge < -0.3 is 19.1 Å². The molecule has 0 fully saturated rings. The molecule has 0 spiro atoms. The van der Waals surface area contributed by atoms with Gasteiger partial charge in [0.2, 0.25) is 0 Å². The van der Waals surface area contributed by atoms with Crippen molar-refractivity contribution in [2.75, 3.05) is 9.80 Å². The van der Waals surface area contributed by atoms with Gasteiger partial charge in [-0.15, -0.1) is 48.3 Å². The van der Waals surface area contributed by atoms with E-state index in [4.69, 9.17) is 9.72 Å². The predicted molar refractivity (Wildman–Crippen MR) is 262 cm³/mol. The Hall–Kier alpha value is -5.90. The summed E-state index contributed by atoms with van der Waals surface area (Å²) < 4.78 is 9.01. The molecule has 1 aliphatic heterocycles. The topological polar surface area (TPSA) is 33.5 Å². The molecule has 2 aromatic heterocycles. The van der Waals surface area contributed by atoms with Gasteiger partial charge in [-0.2, -0.15) is 6.07 Å².